The molecule has 1 amide bonds. The third kappa shape index (κ3) is 3.03. The molecule has 1 fully saturated rings. The molecule has 0 saturated carbocycles. The molecular formula is C13H17BrN2O2. The highest BCUT2D eigenvalue weighted by Gasteiger charge is 2.30. The molecule has 0 radical (unpaired) electrons. The lowest BCUT2D eigenvalue weighted by atomic mass is 9.93. The zero-order chi connectivity index (χ0) is 13.3. The summed E-state index contributed by atoms with van der Waals surface area (Å²) in [6.45, 7) is 2.97. The minimum absolute atomic E-state index is 0.0292. The highest BCUT2D eigenvalue weighted by molar-refractivity contribution is 9.10. The number of halogens is 1. The second-order valence-corrected chi connectivity index (χ2v) is 5.98. The molecule has 0 atom stereocenters. The van der Waals surface area contributed by atoms with Crippen molar-refractivity contribution in [2.75, 3.05) is 18.8 Å². The second-order valence-electron chi connectivity index (χ2n) is 5.06. The van der Waals surface area contributed by atoms with Gasteiger partial charge in [-0.15, -0.1) is 0 Å². The molecule has 2 rings (SSSR count). The monoisotopic (exact) mass is 312 g/mol. The van der Waals surface area contributed by atoms with Crippen LogP contribution in [0.15, 0.2) is 22.7 Å². The summed E-state index contributed by atoms with van der Waals surface area (Å²) in [4.78, 5) is 14.0. The van der Waals surface area contributed by atoms with Crippen LogP contribution in [0.25, 0.3) is 0 Å². The SMILES string of the molecule is CC1(O)CCN(C(=O)c2cc(N)cc(Br)c2)CC1. The fraction of sp³-hybridized carbons (Fsp3) is 0.462. The van der Waals surface area contributed by atoms with E-state index in [-0.39, 0.29) is 5.91 Å². The first-order valence-electron chi connectivity index (χ1n) is 5.95. The number of likely N-dealkylation sites (tertiary alicyclic amines) is 1. The van der Waals surface area contributed by atoms with Gasteiger partial charge in [0.05, 0.1) is 5.60 Å². The average Bonchev–Trinajstić information content (AvgIpc) is 2.27. The molecule has 1 aromatic carbocycles. The first-order chi connectivity index (χ1) is 8.37. The summed E-state index contributed by atoms with van der Waals surface area (Å²) in [5.74, 6) is -0.0292. The van der Waals surface area contributed by atoms with Gasteiger partial charge in [-0.3, -0.25) is 4.79 Å². The van der Waals surface area contributed by atoms with Gasteiger partial charge in [-0.05, 0) is 38.0 Å². The summed E-state index contributed by atoms with van der Waals surface area (Å²) in [6.07, 6.45) is 1.23. The standard InChI is InChI=1S/C13H17BrN2O2/c1-13(18)2-4-16(5-3-13)12(17)9-6-10(14)8-11(15)7-9/h6-8,18H,2-5,15H2,1H3. The Morgan fingerprint density at radius 2 is 2.00 bits per heavy atom. The molecule has 0 spiro atoms. The van der Waals surface area contributed by atoms with Crippen molar-refractivity contribution in [3.05, 3.63) is 28.2 Å². The van der Waals surface area contributed by atoms with Gasteiger partial charge >= 0.3 is 0 Å². The summed E-state index contributed by atoms with van der Waals surface area (Å²) in [5, 5.41) is 9.87. The number of carbonyl (C=O) groups is 1. The van der Waals surface area contributed by atoms with Crippen LogP contribution in [0.2, 0.25) is 0 Å². The van der Waals surface area contributed by atoms with E-state index in [1.165, 1.54) is 0 Å². The van der Waals surface area contributed by atoms with Gasteiger partial charge in [0.15, 0.2) is 0 Å². The Bertz CT molecular complexity index is 444. The summed E-state index contributed by atoms with van der Waals surface area (Å²) in [7, 11) is 0. The lowest BCUT2D eigenvalue weighted by Crippen LogP contribution is -2.45. The minimum Gasteiger partial charge on any atom is -0.399 e. The van der Waals surface area contributed by atoms with Crippen LogP contribution in [0.3, 0.4) is 0 Å². The van der Waals surface area contributed by atoms with Gasteiger partial charge in [0.2, 0.25) is 0 Å². The van der Waals surface area contributed by atoms with Crippen LogP contribution in [0, 0.1) is 0 Å². The van der Waals surface area contributed by atoms with Crippen LogP contribution in [0.4, 0.5) is 5.69 Å². The van der Waals surface area contributed by atoms with Gasteiger partial charge in [-0.2, -0.15) is 0 Å². The van der Waals surface area contributed by atoms with Crippen LogP contribution in [-0.4, -0.2) is 34.6 Å². The molecule has 0 bridgehead atoms. The summed E-state index contributed by atoms with van der Waals surface area (Å²) in [6, 6.07) is 5.21. The predicted octanol–water partition coefficient (Wildman–Crippen LogP) is 2.02. The lowest BCUT2D eigenvalue weighted by Gasteiger charge is -2.35. The zero-order valence-corrected chi connectivity index (χ0v) is 11.9. The average molecular weight is 313 g/mol. The maximum absolute atomic E-state index is 12.3. The number of carbonyl (C=O) groups excluding carboxylic acids is 1. The minimum atomic E-state index is -0.646. The number of nitrogens with zero attached hydrogens (tertiary/aromatic N) is 1. The number of rotatable bonds is 1. The van der Waals surface area contributed by atoms with Gasteiger partial charge in [0.25, 0.3) is 5.91 Å². The van der Waals surface area contributed by atoms with Gasteiger partial charge in [-0.25, -0.2) is 0 Å². The van der Waals surface area contributed by atoms with Crippen LogP contribution in [0.1, 0.15) is 30.1 Å². The lowest BCUT2D eigenvalue weighted by molar-refractivity contribution is -0.00202. The van der Waals surface area contributed by atoms with Gasteiger partial charge < -0.3 is 15.7 Å². The van der Waals surface area contributed by atoms with E-state index in [4.69, 9.17) is 5.73 Å². The second kappa shape index (κ2) is 4.90. The Balaban J connectivity index is 2.12. The van der Waals surface area contributed by atoms with Gasteiger partial charge in [0.1, 0.15) is 0 Å². The number of anilines is 1. The fourth-order valence-electron chi connectivity index (χ4n) is 2.11. The van der Waals surface area contributed by atoms with Crippen LogP contribution in [-0.2, 0) is 0 Å². The topological polar surface area (TPSA) is 66.6 Å². The van der Waals surface area contributed by atoms with Crippen LogP contribution in [0.5, 0.6) is 0 Å². The van der Waals surface area contributed by atoms with Gasteiger partial charge in [-0.1, -0.05) is 15.9 Å². The van der Waals surface area contributed by atoms with Crippen LogP contribution >= 0.6 is 15.9 Å². The van der Waals surface area contributed by atoms with Crippen molar-refractivity contribution in [2.45, 2.75) is 25.4 Å². The molecule has 5 heteroatoms. The van der Waals surface area contributed by atoms with Crippen molar-refractivity contribution in [2.24, 2.45) is 0 Å². The maximum Gasteiger partial charge on any atom is 0.253 e. The van der Waals surface area contributed by atoms with Crippen molar-refractivity contribution < 1.29 is 9.90 Å². The van der Waals surface area contributed by atoms with E-state index < -0.39 is 5.60 Å². The number of benzene rings is 1. The third-order valence-corrected chi connectivity index (χ3v) is 3.75. The van der Waals surface area contributed by atoms with E-state index >= 15 is 0 Å². The molecule has 1 saturated heterocycles. The van der Waals surface area contributed by atoms with Crippen molar-refractivity contribution in [1.82, 2.24) is 4.90 Å². The molecule has 0 aromatic heterocycles. The predicted molar refractivity (Wildman–Crippen MR) is 74.3 cm³/mol. The quantitative estimate of drug-likeness (QED) is 0.780. The number of hydrogen-bond acceptors (Lipinski definition) is 3. The van der Waals surface area contributed by atoms with E-state index in [1.54, 1.807) is 23.1 Å². The van der Waals surface area contributed by atoms with Crippen molar-refractivity contribution in [3.63, 3.8) is 0 Å². The molecule has 1 aliphatic rings. The zero-order valence-electron chi connectivity index (χ0n) is 10.3. The number of hydrogen-bond donors (Lipinski definition) is 2. The fourth-order valence-corrected chi connectivity index (χ4v) is 2.62. The van der Waals surface area contributed by atoms with E-state index in [2.05, 4.69) is 15.9 Å². The number of piperidine rings is 1. The van der Waals surface area contributed by atoms with Crippen molar-refractivity contribution in [1.29, 1.82) is 0 Å². The summed E-state index contributed by atoms with van der Waals surface area (Å²) >= 11 is 3.33. The molecule has 3 N–H and O–H groups in total. The van der Waals surface area contributed by atoms with Crippen LogP contribution < -0.4 is 5.73 Å². The van der Waals surface area contributed by atoms with E-state index in [0.29, 0.717) is 37.2 Å². The Kier molecular flexibility index (Phi) is 3.64. The normalized spacial score (nSPS) is 18.7. The Morgan fingerprint density at radius 1 is 1.39 bits per heavy atom. The van der Waals surface area contributed by atoms with Gasteiger partial charge in [0, 0.05) is 28.8 Å². The molecule has 0 aliphatic carbocycles. The van der Waals surface area contributed by atoms with E-state index in [0.717, 1.165) is 4.47 Å². The van der Waals surface area contributed by atoms with E-state index in [9.17, 15) is 9.90 Å². The summed E-state index contributed by atoms with van der Waals surface area (Å²) < 4.78 is 0.801. The Morgan fingerprint density at radius 3 is 2.56 bits per heavy atom. The molecule has 1 heterocycles. The molecule has 0 unspecified atom stereocenters. The highest BCUT2D eigenvalue weighted by atomic mass is 79.9. The molecule has 18 heavy (non-hydrogen) atoms. The van der Waals surface area contributed by atoms with E-state index in [1.807, 2.05) is 6.92 Å². The number of amides is 1. The van der Waals surface area contributed by atoms with Crippen molar-refractivity contribution in [3.8, 4) is 0 Å². The largest absolute Gasteiger partial charge is 0.399 e. The Labute approximate surface area is 115 Å². The molecule has 1 aliphatic heterocycles. The third-order valence-electron chi connectivity index (χ3n) is 3.29. The van der Waals surface area contributed by atoms with Crippen molar-refractivity contribution >= 4 is 27.5 Å². The Hall–Kier alpha value is -1.07. The molecule has 4 nitrogen and oxygen atoms in total. The molecular weight excluding hydrogens is 296 g/mol. The molecule has 1 aromatic rings. The first-order valence-corrected chi connectivity index (χ1v) is 6.74. The molecule has 98 valence electrons. The first kappa shape index (κ1) is 13.4. The number of aliphatic hydroxyl groups is 1. The summed E-state index contributed by atoms with van der Waals surface area (Å²) in [5.41, 5.74) is 6.24. The smallest absolute Gasteiger partial charge is 0.253 e. The highest BCUT2D eigenvalue weighted by Crippen LogP contribution is 2.24. The maximum atomic E-state index is 12.3. The number of nitrogen functional groups attached to an aromatic ring is 1. The number of nitrogens with two attached hydrogens (primary N) is 1.